The minimum absolute atomic E-state index is 0.0341. The number of nitrogens with one attached hydrogen (secondary N) is 1. The van der Waals surface area contributed by atoms with E-state index < -0.39 is 29.4 Å². The van der Waals surface area contributed by atoms with E-state index in [1.807, 2.05) is 0 Å². The summed E-state index contributed by atoms with van der Waals surface area (Å²) in [7, 11) is 0. The van der Waals surface area contributed by atoms with Crippen molar-refractivity contribution in [2.75, 3.05) is 16.8 Å². The van der Waals surface area contributed by atoms with E-state index in [4.69, 9.17) is 5.73 Å². The van der Waals surface area contributed by atoms with Crippen molar-refractivity contribution in [3.8, 4) is 0 Å². The number of rotatable bonds is 5. The number of halogens is 3. The lowest BCUT2D eigenvalue weighted by molar-refractivity contribution is -0.136. The number of nitrogen functional groups attached to an aromatic ring is 1. The fourth-order valence-corrected chi connectivity index (χ4v) is 2.19. The number of alkyl halides is 3. The van der Waals surface area contributed by atoms with Gasteiger partial charge in [-0.15, -0.1) is 11.8 Å². The first-order valence-electron chi connectivity index (χ1n) is 6.17. The van der Waals surface area contributed by atoms with Crippen molar-refractivity contribution in [1.29, 1.82) is 0 Å². The van der Waals surface area contributed by atoms with Crippen molar-refractivity contribution in [2.45, 2.75) is 31.4 Å². The van der Waals surface area contributed by atoms with Crippen molar-refractivity contribution in [3.63, 3.8) is 0 Å². The number of carbonyl (C=O) groups excluding carboxylic acids is 1. The van der Waals surface area contributed by atoms with Crippen LogP contribution in [-0.4, -0.2) is 28.1 Å². The Kier molecular flexibility index (Phi) is 5.91. The average Bonchev–Trinajstić information content (AvgIpc) is 2.36. The third kappa shape index (κ3) is 5.47. The third-order valence-corrected chi connectivity index (χ3v) is 4.15. The molecule has 0 aliphatic rings. The van der Waals surface area contributed by atoms with Crippen molar-refractivity contribution in [1.82, 2.24) is 0 Å². The predicted octanol–water partition coefficient (Wildman–Crippen LogP) is 2.73. The van der Waals surface area contributed by atoms with Crippen LogP contribution in [0.2, 0.25) is 0 Å². The van der Waals surface area contributed by atoms with Gasteiger partial charge in [-0.05, 0) is 25.1 Å². The molecule has 0 heterocycles. The monoisotopic (exact) mass is 322 g/mol. The van der Waals surface area contributed by atoms with E-state index in [0.717, 1.165) is 12.1 Å². The molecule has 0 saturated heterocycles. The molecule has 0 aliphatic carbocycles. The van der Waals surface area contributed by atoms with Crippen molar-refractivity contribution in [2.24, 2.45) is 0 Å². The number of hydrogen-bond donors (Lipinski definition) is 3. The second-order valence-corrected chi connectivity index (χ2v) is 5.97. The molecule has 2 unspecified atom stereocenters. The number of aliphatic hydroxyl groups is 1. The number of carbonyl (C=O) groups is 1. The maximum Gasteiger partial charge on any atom is 0.418 e. The average molecular weight is 322 g/mol. The topological polar surface area (TPSA) is 75.3 Å². The number of amides is 1. The summed E-state index contributed by atoms with van der Waals surface area (Å²) < 4.78 is 38.1. The summed E-state index contributed by atoms with van der Waals surface area (Å²) in [5.41, 5.74) is 3.94. The maximum absolute atomic E-state index is 12.7. The van der Waals surface area contributed by atoms with Gasteiger partial charge < -0.3 is 16.2 Å². The summed E-state index contributed by atoms with van der Waals surface area (Å²) >= 11 is 1.22. The molecule has 1 rings (SSSR count). The zero-order valence-electron chi connectivity index (χ0n) is 11.6. The second kappa shape index (κ2) is 7.04. The van der Waals surface area contributed by atoms with E-state index in [2.05, 4.69) is 5.32 Å². The Morgan fingerprint density at radius 1 is 1.43 bits per heavy atom. The predicted molar refractivity (Wildman–Crippen MR) is 78.1 cm³/mol. The van der Waals surface area contributed by atoms with Gasteiger partial charge in [-0.25, -0.2) is 0 Å². The Hall–Kier alpha value is -1.41. The highest BCUT2D eigenvalue weighted by Gasteiger charge is 2.33. The van der Waals surface area contributed by atoms with Crippen LogP contribution in [0.4, 0.5) is 24.5 Å². The first kappa shape index (κ1) is 17.6. The van der Waals surface area contributed by atoms with Crippen LogP contribution in [-0.2, 0) is 11.0 Å². The number of benzene rings is 1. The van der Waals surface area contributed by atoms with E-state index in [9.17, 15) is 23.1 Å². The van der Waals surface area contributed by atoms with Gasteiger partial charge in [-0.2, -0.15) is 13.2 Å². The van der Waals surface area contributed by atoms with Gasteiger partial charge in [-0.1, -0.05) is 6.92 Å². The molecule has 1 aromatic rings. The standard InChI is InChI=1S/C13H17F3N2O2S/c1-7(19)8(2)21-6-12(20)18-9-3-4-11(17)10(5-9)13(14,15)16/h3-5,7-8,19H,6,17H2,1-2H3,(H,18,20). The summed E-state index contributed by atoms with van der Waals surface area (Å²) in [5, 5.41) is 11.5. The summed E-state index contributed by atoms with van der Waals surface area (Å²) in [5.74, 6) is -0.400. The van der Waals surface area contributed by atoms with Gasteiger partial charge in [0.1, 0.15) is 0 Å². The van der Waals surface area contributed by atoms with Gasteiger partial charge in [0.15, 0.2) is 0 Å². The lowest BCUT2D eigenvalue weighted by atomic mass is 10.1. The van der Waals surface area contributed by atoms with Gasteiger partial charge in [0.05, 0.1) is 17.4 Å². The largest absolute Gasteiger partial charge is 0.418 e. The Labute approximate surface area is 124 Å². The SMILES string of the molecule is CC(O)C(C)SCC(=O)Nc1ccc(N)c(C(F)(F)F)c1. The maximum atomic E-state index is 12.7. The molecule has 0 fully saturated rings. The Balaban J connectivity index is 2.69. The minimum Gasteiger partial charge on any atom is -0.398 e. The molecule has 21 heavy (non-hydrogen) atoms. The number of thioether (sulfide) groups is 1. The molecule has 0 aromatic heterocycles. The third-order valence-electron chi connectivity index (χ3n) is 2.80. The van der Waals surface area contributed by atoms with Crippen molar-refractivity contribution < 1.29 is 23.1 Å². The van der Waals surface area contributed by atoms with Gasteiger partial charge in [-0.3, -0.25) is 4.79 Å². The molecule has 1 amide bonds. The van der Waals surface area contributed by atoms with Crippen LogP contribution in [0.15, 0.2) is 18.2 Å². The molecule has 2 atom stereocenters. The normalized spacial score (nSPS) is 14.6. The van der Waals surface area contributed by atoms with Crippen LogP contribution < -0.4 is 11.1 Å². The smallest absolute Gasteiger partial charge is 0.398 e. The quantitative estimate of drug-likeness (QED) is 0.729. The van der Waals surface area contributed by atoms with Crippen molar-refractivity contribution in [3.05, 3.63) is 23.8 Å². The highest BCUT2D eigenvalue weighted by molar-refractivity contribution is 8.00. The molecule has 4 N–H and O–H groups in total. The lowest BCUT2D eigenvalue weighted by Gasteiger charge is -2.15. The Morgan fingerprint density at radius 3 is 2.57 bits per heavy atom. The van der Waals surface area contributed by atoms with E-state index in [0.29, 0.717) is 0 Å². The van der Waals surface area contributed by atoms with E-state index in [1.165, 1.54) is 17.8 Å². The summed E-state index contributed by atoms with van der Waals surface area (Å²) in [6.07, 6.45) is -5.14. The molecule has 0 radical (unpaired) electrons. The number of nitrogens with two attached hydrogens (primary N) is 1. The number of hydrogen-bond acceptors (Lipinski definition) is 4. The lowest BCUT2D eigenvalue weighted by Crippen LogP contribution is -2.21. The summed E-state index contributed by atoms with van der Waals surface area (Å²) in [6.45, 7) is 3.36. The van der Waals surface area contributed by atoms with Crippen LogP contribution in [0.25, 0.3) is 0 Å². The highest BCUT2D eigenvalue weighted by atomic mass is 32.2. The molecular weight excluding hydrogens is 305 g/mol. The molecule has 118 valence electrons. The van der Waals surface area contributed by atoms with Gasteiger partial charge in [0.25, 0.3) is 0 Å². The van der Waals surface area contributed by atoms with E-state index in [-0.39, 0.29) is 16.7 Å². The molecule has 0 aliphatic heterocycles. The fourth-order valence-electron chi connectivity index (χ4n) is 1.42. The van der Waals surface area contributed by atoms with Gasteiger partial charge in [0.2, 0.25) is 5.91 Å². The van der Waals surface area contributed by atoms with Crippen LogP contribution in [0.5, 0.6) is 0 Å². The van der Waals surface area contributed by atoms with Crippen molar-refractivity contribution >= 4 is 29.0 Å². The second-order valence-electron chi connectivity index (χ2n) is 4.60. The zero-order chi connectivity index (χ0) is 16.2. The zero-order valence-corrected chi connectivity index (χ0v) is 12.4. The van der Waals surface area contributed by atoms with Gasteiger partial charge >= 0.3 is 6.18 Å². The Bertz CT molecular complexity index is 507. The minimum atomic E-state index is -4.57. The van der Waals surface area contributed by atoms with Gasteiger partial charge in [0, 0.05) is 16.6 Å². The molecule has 8 heteroatoms. The summed E-state index contributed by atoms with van der Waals surface area (Å²) in [6, 6.07) is 3.21. The molecule has 0 bridgehead atoms. The molecular formula is C13H17F3N2O2S. The van der Waals surface area contributed by atoms with Crippen LogP contribution in [0.3, 0.4) is 0 Å². The Morgan fingerprint density at radius 2 is 2.05 bits per heavy atom. The summed E-state index contributed by atoms with van der Waals surface area (Å²) in [4.78, 5) is 11.7. The van der Waals surface area contributed by atoms with Crippen LogP contribution >= 0.6 is 11.8 Å². The van der Waals surface area contributed by atoms with E-state index in [1.54, 1.807) is 13.8 Å². The van der Waals surface area contributed by atoms with Crippen LogP contribution in [0, 0.1) is 0 Å². The molecule has 0 saturated carbocycles. The van der Waals surface area contributed by atoms with E-state index >= 15 is 0 Å². The fraction of sp³-hybridized carbons (Fsp3) is 0.462. The highest BCUT2D eigenvalue weighted by Crippen LogP contribution is 2.35. The van der Waals surface area contributed by atoms with Crippen LogP contribution in [0.1, 0.15) is 19.4 Å². The first-order chi connectivity index (χ1) is 9.61. The number of anilines is 2. The first-order valence-corrected chi connectivity index (χ1v) is 7.22. The molecule has 4 nitrogen and oxygen atoms in total. The number of aliphatic hydroxyl groups excluding tert-OH is 1. The molecule has 1 aromatic carbocycles. The molecule has 0 spiro atoms.